The van der Waals surface area contributed by atoms with Crippen LogP contribution in [0.2, 0.25) is 0 Å². The molecule has 1 aromatic heterocycles. The first-order valence-electron chi connectivity index (χ1n) is 12.2. The van der Waals surface area contributed by atoms with E-state index >= 15 is 0 Å². The third-order valence-electron chi connectivity index (χ3n) is 10.4. The molecule has 4 aliphatic rings. The fraction of sp³-hybridized carbons (Fsp3) is 0.792. The van der Waals surface area contributed by atoms with Gasteiger partial charge < -0.3 is 27.1 Å². The molecule has 2 unspecified atom stereocenters. The molecule has 4 saturated carbocycles. The molecule has 0 bridgehead atoms. The highest BCUT2D eigenvalue weighted by Crippen LogP contribution is 2.71. The molecule has 8 nitrogen and oxygen atoms in total. The molecule has 4 aliphatic carbocycles. The zero-order valence-corrected chi connectivity index (χ0v) is 19.3. The Kier molecular flexibility index (Phi) is 4.98. The van der Waals surface area contributed by atoms with Gasteiger partial charge in [0.05, 0.1) is 17.4 Å². The second-order valence-corrected chi connectivity index (χ2v) is 11.4. The van der Waals surface area contributed by atoms with E-state index in [-0.39, 0.29) is 17.3 Å². The van der Waals surface area contributed by atoms with Crippen LogP contribution in [-0.4, -0.2) is 38.0 Å². The fourth-order valence-electron chi connectivity index (χ4n) is 8.52. The number of nitrogens with two attached hydrogens (primary N) is 2. The summed E-state index contributed by atoms with van der Waals surface area (Å²) in [6, 6.07) is 2.17. The van der Waals surface area contributed by atoms with Crippen molar-refractivity contribution in [3.05, 3.63) is 24.0 Å². The van der Waals surface area contributed by atoms with Gasteiger partial charge in [0.25, 0.3) is 0 Å². The summed E-state index contributed by atoms with van der Waals surface area (Å²) in [6.45, 7) is 4.56. The monoisotopic (exact) mass is 442 g/mol. The van der Waals surface area contributed by atoms with Crippen molar-refractivity contribution in [1.82, 2.24) is 15.6 Å². The van der Waals surface area contributed by atoms with Crippen LogP contribution < -0.4 is 16.9 Å². The van der Waals surface area contributed by atoms with Crippen molar-refractivity contribution < 1.29 is 10.2 Å². The summed E-state index contributed by atoms with van der Waals surface area (Å²) in [5.74, 6) is 1.37. The van der Waals surface area contributed by atoms with Gasteiger partial charge in [0, 0.05) is 23.2 Å². The van der Waals surface area contributed by atoms with Gasteiger partial charge in [-0.25, -0.2) is 0 Å². The number of hydrogen-bond donors (Lipinski definition) is 5. The Morgan fingerprint density at radius 3 is 2.56 bits per heavy atom. The predicted molar refractivity (Wildman–Crippen MR) is 122 cm³/mol. The van der Waals surface area contributed by atoms with Crippen molar-refractivity contribution in [1.29, 1.82) is 0 Å². The first-order chi connectivity index (χ1) is 15.1. The summed E-state index contributed by atoms with van der Waals surface area (Å²) < 4.78 is 0. The van der Waals surface area contributed by atoms with Gasteiger partial charge in [-0.3, -0.25) is 0 Å². The average Bonchev–Trinajstić information content (AvgIpc) is 3.00. The van der Waals surface area contributed by atoms with Gasteiger partial charge >= 0.3 is 0 Å². The van der Waals surface area contributed by atoms with Crippen molar-refractivity contribution in [3.63, 3.8) is 0 Å². The van der Waals surface area contributed by atoms with E-state index in [4.69, 9.17) is 11.5 Å². The second-order valence-electron chi connectivity index (χ2n) is 11.4. The van der Waals surface area contributed by atoms with Crippen molar-refractivity contribution in [2.45, 2.75) is 88.9 Å². The van der Waals surface area contributed by atoms with Crippen LogP contribution in [0.5, 0.6) is 0 Å². The van der Waals surface area contributed by atoms with Crippen LogP contribution in [0.1, 0.15) is 77.2 Å². The molecule has 4 fully saturated rings. The lowest BCUT2D eigenvalue weighted by molar-refractivity contribution is -0.236. The highest BCUT2D eigenvalue weighted by atomic mass is 16.3. The number of guanidine groups is 1. The maximum Gasteiger partial charge on any atom is 0.208 e. The highest BCUT2D eigenvalue weighted by Gasteiger charge is 2.72. The Bertz CT molecular complexity index is 894. The van der Waals surface area contributed by atoms with Crippen LogP contribution in [0.25, 0.3) is 0 Å². The molecule has 176 valence electrons. The summed E-state index contributed by atoms with van der Waals surface area (Å²) in [4.78, 5) is 0. The van der Waals surface area contributed by atoms with E-state index in [1.54, 1.807) is 12.4 Å². The maximum absolute atomic E-state index is 12.3. The van der Waals surface area contributed by atoms with E-state index in [2.05, 4.69) is 34.6 Å². The highest BCUT2D eigenvalue weighted by molar-refractivity contribution is 5.75. The van der Waals surface area contributed by atoms with Crippen LogP contribution in [0, 0.1) is 28.6 Å². The predicted octanol–water partition coefficient (Wildman–Crippen LogP) is 1.97. The summed E-state index contributed by atoms with van der Waals surface area (Å²) in [5, 5.41) is 36.2. The van der Waals surface area contributed by atoms with Crippen LogP contribution in [0.4, 0.5) is 0 Å². The Hall–Kier alpha value is -1.93. The Balaban J connectivity index is 1.42. The third kappa shape index (κ3) is 2.84. The number of hydrogen-bond acceptors (Lipinski definition) is 6. The number of nitrogens with zero attached hydrogens (tertiary/aromatic N) is 3. The Morgan fingerprint density at radius 1 is 1.03 bits per heavy atom. The second kappa shape index (κ2) is 7.29. The van der Waals surface area contributed by atoms with E-state index in [1.165, 1.54) is 0 Å². The first kappa shape index (κ1) is 21.9. The smallest absolute Gasteiger partial charge is 0.208 e. The number of aliphatic hydroxyl groups is 2. The molecule has 0 radical (unpaired) electrons. The molecule has 0 spiro atoms. The first-order valence-corrected chi connectivity index (χ1v) is 12.2. The zero-order valence-electron chi connectivity index (χ0n) is 19.3. The largest absolute Gasteiger partial charge is 0.389 e. The zero-order chi connectivity index (χ0) is 22.8. The quantitative estimate of drug-likeness (QED) is 0.273. The summed E-state index contributed by atoms with van der Waals surface area (Å²) >= 11 is 0. The van der Waals surface area contributed by atoms with Gasteiger partial charge in [0.1, 0.15) is 0 Å². The molecule has 5 rings (SSSR count). The molecular formula is C24H38N6O2. The van der Waals surface area contributed by atoms with Crippen LogP contribution in [0.3, 0.4) is 0 Å². The summed E-state index contributed by atoms with van der Waals surface area (Å²) in [5.41, 5.74) is 12.7. The standard InChI is InChI=1S/C24H38N6O2/c1-21-8-5-17(29-30-20(25)26)13-15(21)3-4-19-18(21)6-9-22(2)23(31,10-11-24(19,22)32)16-7-12-27-28-14-16/h7,12,14-15,17-19,29,31-32H,3-6,8-11,13H2,1-2H3,(H4,25,26,30)/t15-,17+,18?,19?,21+,22-,23+,24+/m1/s1. The SMILES string of the molecule is C[C@]12CCC3C(CC[C@@H]4C[C@@H](NN=C(N)N)CC[C@]34C)[C@@]1(O)CC[C@]2(O)c1ccnnc1. The van der Waals surface area contributed by atoms with Gasteiger partial charge in [0.15, 0.2) is 0 Å². The lowest BCUT2D eigenvalue weighted by Gasteiger charge is -2.64. The van der Waals surface area contributed by atoms with Gasteiger partial charge in [-0.15, -0.1) is 5.10 Å². The van der Waals surface area contributed by atoms with Crippen LogP contribution in [-0.2, 0) is 5.60 Å². The van der Waals surface area contributed by atoms with E-state index in [0.717, 1.165) is 50.5 Å². The van der Waals surface area contributed by atoms with Gasteiger partial charge in [0.2, 0.25) is 5.96 Å². The van der Waals surface area contributed by atoms with Gasteiger partial charge in [-0.1, -0.05) is 13.8 Å². The number of aromatic nitrogens is 2. The summed E-state index contributed by atoms with van der Waals surface area (Å²) in [6.07, 6.45) is 11.7. The Labute approximate surface area is 190 Å². The molecule has 32 heavy (non-hydrogen) atoms. The van der Waals surface area contributed by atoms with Crippen molar-refractivity contribution in [3.8, 4) is 0 Å². The molecule has 0 amide bonds. The van der Waals surface area contributed by atoms with E-state index in [0.29, 0.717) is 30.7 Å². The van der Waals surface area contributed by atoms with Gasteiger partial charge in [-0.05, 0) is 87.0 Å². The van der Waals surface area contributed by atoms with E-state index < -0.39 is 16.6 Å². The van der Waals surface area contributed by atoms with Crippen molar-refractivity contribution >= 4 is 5.96 Å². The fourth-order valence-corrected chi connectivity index (χ4v) is 8.52. The molecule has 8 atom stereocenters. The van der Waals surface area contributed by atoms with E-state index in [1.807, 2.05) is 6.07 Å². The maximum atomic E-state index is 12.3. The molecule has 0 saturated heterocycles. The molecule has 8 heteroatoms. The van der Waals surface area contributed by atoms with Crippen LogP contribution in [0.15, 0.2) is 23.6 Å². The number of nitrogens with one attached hydrogen (secondary N) is 1. The molecular weight excluding hydrogens is 404 g/mol. The third-order valence-corrected chi connectivity index (χ3v) is 10.4. The molecule has 0 aromatic carbocycles. The molecule has 1 aromatic rings. The van der Waals surface area contributed by atoms with E-state index in [9.17, 15) is 10.2 Å². The normalized spacial score (nSPS) is 47.6. The molecule has 0 aliphatic heterocycles. The number of hydrazone groups is 1. The lowest BCUT2D eigenvalue weighted by Crippen LogP contribution is -2.64. The number of rotatable bonds is 3. The topological polar surface area (TPSA) is 143 Å². The van der Waals surface area contributed by atoms with Crippen LogP contribution >= 0.6 is 0 Å². The van der Waals surface area contributed by atoms with Gasteiger partial charge in [-0.2, -0.15) is 10.2 Å². The number of fused-ring (bicyclic) bond motifs is 5. The summed E-state index contributed by atoms with van der Waals surface area (Å²) in [7, 11) is 0. The molecule has 7 N–H and O–H groups in total. The Morgan fingerprint density at radius 2 is 1.84 bits per heavy atom. The molecule has 1 heterocycles. The minimum Gasteiger partial charge on any atom is -0.389 e. The average molecular weight is 443 g/mol. The minimum atomic E-state index is -1.07. The van der Waals surface area contributed by atoms with Crippen molar-refractivity contribution in [2.24, 2.45) is 45.2 Å². The minimum absolute atomic E-state index is 0.0777. The lowest BCUT2D eigenvalue weighted by atomic mass is 9.42. The van der Waals surface area contributed by atoms with Crippen molar-refractivity contribution in [2.75, 3.05) is 0 Å².